The van der Waals surface area contributed by atoms with E-state index < -0.39 is 10.0 Å². The van der Waals surface area contributed by atoms with Gasteiger partial charge < -0.3 is 18.8 Å². The first-order chi connectivity index (χ1) is 12.5. The van der Waals surface area contributed by atoms with E-state index in [2.05, 4.69) is 4.98 Å². The van der Waals surface area contributed by atoms with Gasteiger partial charge in [-0.05, 0) is 18.2 Å². The van der Waals surface area contributed by atoms with Crippen molar-refractivity contribution in [3.8, 4) is 22.9 Å². The molecule has 8 nitrogen and oxygen atoms in total. The molecule has 1 aromatic heterocycles. The normalized spacial score (nSPS) is 22.3. The summed E-state index contributed by atoms with van der Waals surface area (Å²) in [5.74, 6) is 2.07. The Labute approximate surface area is 152 Å². The van der Waals surface area contributed by atoms with E-state index in [1.54, 1.807) is 20.3 Å². The van der Waals surface area contributed by atoms with Crippen LogP contribution in [0.2, 0.25) is 0 Å². The van der Waals surface area contributed by atoms with E-state index >= 15 is 0 Å². The van der Waals surface area contributed by atoms with E-state index in [-0.39, 0.29) is 24.5 Å². The summed E-state index contributed by atoms with van der Waals surface area (Å²) in [6, 6.07) is 5.58. The summed E-state index contributed by atoms with van der Waals surface area (Å²) in [4.78, 5) is 4.47. The molecule has 2 aliphatic heterocycles. The van der Waals surface area contributed by atoms with Gasteiger partial charge >= 0.3 is 0 Å². The number of hydrogen-bond acceptors (Lipinski definition) is 6. The number of ether oxygens (including phenoxy) is 3. The molecule has 140 valence electrons. The number of hydrogen-bond donors (Lipinski definition) is 0. The SMILES string of the molecule is CN(C)S(=O)(=O)C[C@@H]1COC[C@H]1n1ccnc1-c1ccc2c(c1)OCO2. The van der Waals surface area contributed by atoms with Crippen molar-refractivity contribution in [3.05, 3.63) is 30.6 Å². The van der Waals surface area contributed by atoms with Crippen molar-refractivity contribution in [2.75, 3.05) is 39.9 Å². The Morgan fingerprint density at radius 2 is 2.04 bits per heavy atom. The van der Waals surface area contributed by atoms with Crippen molar-refractivity contribution in [3.63, 3.8) is 0 Å². The Morgan fingerprint density at radius 1 is 1.23 bits per heavy atom. The molecule has 2 atom stereocenters. The molecule has 1 fully saturated rings. The first-order valence-electron chi connectivity index (χ1n) is 8.36. The topological polar surface area (TPSA) is 82.9 Å². The van der Waals surface area contributed by atoms with Crippen LogP contribution in [0.25, 0.3) is 11.4 Å². The van der Waals surface area contributed by atoms with Gasteiger partial charge in [-0.1, -0.05) is 0 Å². The summed E-state index contributed by atoms with van der Waals surface area (Å²) < 4.78 is 44.3. The van der Waals surface area contributed by atoms with E-state index in [0.29, 0.717) is 24.7 Å². The van der Waals surface area contributed by atoms with Crippen LogP contribution in [0, 0.1) is 5.92 Å². The molecule has 0 saturated carbocycles. The Bertz CT molecular complexity index is 909. The quantitative estimate of drug-likeness (QED) is 0.780. The third kappa shape index (κ3) is 3.06. The molecule has 0 aliphatic carbocycles. The molecule has 0 spiro atoms. The zero-order valence-electron chi connectivity index (χ0n) is 14.7. The molecular formula is C17H21N3O5S. The van der Waals surface area contributed by atoms with Crippen molar-refractivity contribution in [2.24, 2.45) is 5.92 Å². The van der Waals surface area contributed by atoms with Crippen LogP contribution in [-0.2, 0) is 14.8 Å². The minimum absolute atomic E-state index is 0.0451. The third-order valence-corrected chi connectivity index (χ3v) is 6.76. The fourth-order valence-electron chi connectivity index (χ4n) is 3.31. The standard InChI is InChI=1S/C17H21N3O5S/c1-19(2)26(21,22)10-13-8-23-9-14(13)20-6-5-18-17(20)12-3-4-15-16(7-12)25-11-24-15/h3-7,13-14H,8-11H2,1-2H3/t13-,14+/m0/s1. The summed E-state index contributed by atoms with van der Waals surface area (Å²) in [5, 5.41) is 0. The highest BCUT2D eigenvalue weighted by Gasteiger charge is 2.35. The molecule has 0 radical (unpaired) electrons. The second kappa shape index (κ2) is 6.57. The average molecular weight is 379 g/mol. The molecule has 1 aromatic carbocycles. The lowest BCUT2D eigenvalue weighted by Crippen LogP contribution is -2.32. The van der Waals surface area contributed by atoms with E-state index in [9.17, 15) is 8.42 Å². The molecule has 2 aliphatic rings. The Balaban J connectivity index is 1.64. The third-order valence-electron chi connectivity index (χ3n) is 4.80. The Morgan fingerprint density at radius 3 is 2.85 bits per heavy atom. The van der Waals surface area contributed by atoms with Crippen LogP contribution in [0.1, 0.15) is 6.04 Å². The minimum atomic E-state index is -3.31. The summed E-state index contributed by atoms with van der Waals surface area (Å²) >= 11 is 0. The van der Waals surface area contributed by atoms with Crippen molar-refractivity contribution < 1.29 is 22.6 Å². The fraction of sp³-hybridized carbons (Fsp3) is 0.471. The highest BCUT2D eigenvalue weighted by Crippen LogP contribution is 2.37. The highest BCUT2D eigenvalue weighted by atomic mass is 32.2. The smallest absolute Gasteiger partial charge is 0.231 e. The van der Waals surface area contributed by atoms with Gasteiger partial charge in [0.25, 0.3) is 0 Å². The molecule has 9 heteroatoms. The fourth-order valence-corrected chi connectivity index (χ4v) is 4.47. The number of fused-ring (bicyclic) bond motifs is 1. The molecule has 1 saturated heterocycles. The van der Waals surface area contributed by atoms with Crippen LogP contribution in [0.5, 0.6) is 11.5 Å². The van der Waals surface area contributed by atoms with Crippen LogP contribution in [-0.4, -0.2) is 62.1 Å². The Kier molecular flexibility index (Phi) is 4.37. The molecule has 0 amide bonds. The maximum atomic E-state index is 12.3. The first kappa shape index (κ1) is 17.3. The number of imidazole rings is 1. The van der Waals surface area contributed by atoms with Gasteiger partial charge in [-0.15, -0.1) is 0 Å². The summed E-state index contributed by atoms with van der Waals surface area (Å²) in [6.45, 7) is 1.09. The molecule has 0 unspecified atom stereocenters. The van der Waals surface area contributed by atoms with Gasteiger partial charge in [0, 0.05) is 38.0 Å². The summed E-state index contributed by atoms with van der Waals surface area (Å²) in [5.41, 5.74) is 0.889. The van der Waals surface area contributed by atoms with Crippen molar-refractivity contribution in [1.29, 1.82) is 0 Å². The van der Waals surface area contributed by atoms with Crippen molar-refractivity contribution >= 4 is 10.0 Å². The number of aromatic nitrogens is 2. The predicted molar refractivity (Wildman–Crippen MR) is 94.6 cm³/mol. The Hall–Kier alpha value is -2.10. The van der Waals surface area contributed by atoms with Crippen LogP contribution < -0.4 is 9.47 Å². The average Bonchev–Trinajstić information content (AvgIpc) is 3.33. The molecule has 0 N–H and O–H groups in total. The second-order valence-corrected chi connectivity index (χ2v) is 8.88. The predicted octanol–water partition coefficient (Wildman–Crippen LogP) is 1.36. The van der Waals surface area contributed by atoms with Gasteiger partial charge in [-0.2, -0.15) is 0 Å². The number of rotatable bonds is 5. The lowest BCUT2D eigenvalue weighted by atomic mass is 10.1. The zero-order chi connectivity index (χ0) is 18.3. The first-order valence-corrected chi connectivity index (χ1v) is 9.97. The van der Waals surface area contributed by atoms with Gasteiger partial charge in [0.05, 0.1) is 25.0 Å². The van der Waals surface area contributed by atoms with Crippen LogP contribution in [0.3, 0.4) is 0 Å². The summed E-state index contributed by atoms with van der Waals surface area (Å²) in [7, 11) is -0.206. The highest BCUT2D eigenvalue weighted by molar-refractivity contribution is 7.89. The second-order valence-electron chi connectivity index (χ2n) is 6.65. The van der Waals surface area contributed by atoms with Gasteiger partial charge in [0.15, 0.2) is 11.5 Å². The maximum Gasteiger partial charge on any atom is 0.231 e. The monoisotopic (exact) mass is 379 g/mol. The lowest BCUT2D eigenvalue weighted by Gasteiger charge is -2.22. The van der Waals surface area contributed by atoms with Crippen molar-refractivity contribution in [1.82, 2.24) is 13.9 Å². The number of sulfonamides is 1. The van der Waals surface area contributed by atoms with Gasteiger partial charge in [-0.3, -0.25) is 0 Å². The summed E-state index contributed by atoms with van der Waals surface area (Å²) in [6.07, 6.45) is 3.59. The van der Waals surface area contributed by atoms with Gasteiger partial charge in [0.2, 0.25) is 16.8 Å². The van der Waals surface area contributed by atoms with E-state index in [1.807, 2.05) is 29.0 Å². The number of nitrogens with zero attached hydrogens (tertiary/aromatic N) is 3. The number of benzene rings is 1. The van der Waals surface area contributed by atoms with Gasteiger partial charge in [0.1, 0.15) is 5.82 Å². The lowest BCUT2D eigenvalue weighted by molar-refractivity contribution is 0.174. The van der Waals surface area contributed by atoms with Crippen LogP contribution in [0.15, 0.2) is 30.6 Å². The maximum absolute atomic E-state index is 12.3. The molecular weight excluding hydrogens is 358 g/mol. The molecule has 2 aromatic rings. The van der Waals surface area contributed by atoms with Crippen LogP contribution in [0.4, 0.5) is 0 Å². The van der Waals surface area contributed by atoms with E-state index in [4.69, 9.17) is 14.2 Å². The largest absolute Gasteiger partial charge is 0.454 e. The molecule has 4 rings (SSSR count). The molecule has 0 bridgehead atoms. The van der Waals surface area contributed by atoms with E-state index in [1.165, 1.54) is 4.31 Å². The minimum Gasteiger partial charge on any atom is -0.454 e. The zero-order valence-corrected chi connectivity index (χ0v) is 15.5. The van der Waals surface area contributed by atoms with Crippen molar-refractivity contribution in [2.45, 2.75) is 6.04 Å². The molecule has 3 heterocycles. The van der Waals surface area contributed by atoms with E-state index in [0.717, 1.165) is 11.4 Å². The van der Waals surface area contributed by atoms with Gasteiger partial charge in [-0.25, -0.2) is 17.7 Å². The molecule has 26 heavy (non-hydrogen) atoms. The van der Waals surface area contributed by atoms with Crippen LogP contribution >= 0.6 is 0 Å².